The number of nitrogens with zero attached hydrogens (tertiary/aromatic N) is 4. The van der Waals surface area contributed by atoms with Crippen molar-refractivity contribution >= 4 is 5.97 Å². The second-order valence-electron chi connectivity index (χ2n) is 4.66. The summed E-state index contributed by atoms with van der Waals surface area (Å²) in [5.41, 5.74) is -1.06. The first-order valence-corrected chi connectivity index (χ1v) is 5.96. The number of tetrazole rings is 1. The van der Waals surface area contributed by atoms with E-state index in [2.05, 4.69) is 29.4 Å². The Hall–Kier alpha value is -1.46. The predicted molar refractivity (Wildman–Crippen MR) is 62.6 cm³/mol. The Kier molecular flexibility index (Phi) is 4.20. The van der Waals surface area contributed by atoms with E-state index in [1.807, 2.05) is 6.92 Å². The number of carboxylic acid groups (broad SMARTS) is 1. The molecule has 96 valence electrons. The van der Waals surface area contributed by atoms with Crippen LogP contribution in [0.2, 0.25) is 0 Å². The summed E-state index contributed by atoms with van der Waals surface area (Å²) in [4.78, 5) is 11.3. The summed E-state index contributed by atoms with van der Waals surface area (Å²) in [5, 5.41) is 20.7. The molecule has 0 aromatic carbocycles. The summed E-state index contributed by atoms with van der Waals surface area (Å²) >= 11 is 0. The molecule has 1 aromatic heterocycles. The lowest BCUT2D eigenvalue weighted by Gasteiger charge is -2.24. The molecule has 0 saturated carbocycles. The van der Waals surface area contributed by atoms with Crippen LogP contribution < -0.4 is 0 Å². The van der Waals surface area contributed by atoms with E-state index in [0.29, 0.717) is 24.6 Å². The van der Waals surface area contributed by atoms with Crippen LogP contribution in [-0.2, 0) is 16.8 Å². The van der Waals surface area contributed by atoms with Crippen LogP contribution in [0.3, 0.4) is 0 Å². The van der Waals surface area contributed by atoms with Gasteiger partial charge in [0.1, 0.15) is 0 Å². The van der Waals surface area contributed by atoms with Crippen LogP contribution >= 0.6 is 0 Å². The van der Waals surface area contributed by atoms with Crippen LogP contribution in [0.25, 0.3) is 0 Å². The molecule has 0 saturated heterocycles. The van der Waals surface area contributed by atoms with Gasteiger partial charge >= 0.3 is 5.97 Å². The molecule has 0 radical (unpaired) electrons. The highest BCUT2D eigenvalue weighted by molar-refractivity contribution is 5.76. The van der Waals surface area contributed by atoms with E-state index in [9.17, 15) is 9.90 Å². The van der Waals surface area contributed by atoms with Gasteiger partial charge in [-0.25, -0.2) is 9.48 Å². The summed E-state index contributed by atoms with van der Waals surface area (Å²) in [5.74, 6) is 0.179. The molecule has 6 heteroatoms. The van der Waals surface area contributed by atoms with Crippen molar-refractivity contribution in [1.82, 2.24) is 20.2 Å². The zero-order chi connectivity index (χ0) is 13.1. The second-order valence-corrected chi connectivity index (χ2v) is 4.66. The van der Waals surface area contributed by atoms with Gasteiger partial charge in [0.05, 0.1) is 0 Å². The van der Waals surface area contributed by atoms with Crippen molar-refractivity contribution in [2.45, 2.75) is 52.5 Å². The first kappa shape index (κ1) is 13.6. The standard InChI is InChI=1S/C11H20N4O2/c1-5-8(3)7-9-12-13-14-15(9)11(4,6-2)10(16)17/h8H,5-7H2,1-4H3,(H,16,17). The first-order chi connectivity index (χ1) is 7.95. The number of aromatic nitrogens is 4. The van der Waals surface area contributed by atoms with Crippen molar-refractivity contribution in [3.8, 4) is 0 Å². The summed E-state index contributed by atoms with van der Waals surface area (Å²) < 4.78 is 1.45. The maximum Gasteiger partial charge on any atom is 0.331 e. The Balaban J connectivity index is 3.06. The molecule has 1 N–H and O–H groups in total. The third-order valence-corrected chi connectivity index (χ3v) is 3.38. The highest BCUT2D eigenvalue weighted by Gasteiger charge is 2.36. The van der Waals surface area contributed by atoms with E-state index < -0.39 is 11.5 Å². The fourth-order valence-corrected chi connectivity index (χ4v) is 1.56. The summed E-state index contributed by atoms with van der Waals surface area (Å²) in [6, 6.07) is 0. The molecule has 0 aliphatic carbocycles. The number of carbonyl (C=O) groups is 1. The van der Waals surface area contributed by atoms with Gasteiger partial charge < -0.3 is 5.11 Å². The van der Waals surface area contributed by atoms with E-state index in [0.717, 1.165) is 6.42 Å². The zero-order valence-corrected chi connectivity index (χ0v) is 10.8. The van der Waals surface area contributed by atoms with Gasteiger partial charge in [-0.1, -0.05) is 27.2 Å². The second kappa shape index (κ2) is 5.25. The molecule has 0 spiro atoms. The lowest BCUT2D eigenvalue weighted by Crippen LogP contribution is -2.40. The lowest BCUT2D eigenvalue weighted by atomic mass is 9.98. The van der Waals surface area contributed by atoms with Crippen LogP contribution in [0.4, 0.5) is 0 Å². The van der Waals surface area contributed by atoms with Crippen LogP contribution in [0.1, 0.15) is 46.4 Å². The molecule has 0 bridgehead atoms. The number of carboxylic acids is 1. The highest BCUT2D eigenvalue weighted by Crippen LogP contribution is 2.22. The Morgan fingerprint density at radius 2 is 2.18 bits per heavy atom. The normalized spacial score (nSPS) is 16.5. The number of hydrogen-bond acceptors (Lipinski definition) is 4. The van der Waals surface area contributed by atoms with Crippen LogP contribution in [0.15, 0.2) is 0 Å². The number of aliphatic carboxylic acids is 1. The van der Waals surface area contributed by atoms with Gasteiger partial charge in [0.25, 0.3) is 0 Å². The third-order valence-electron chi connectivity index (χ3n) is 3.38. The summed E-state index contributed by atoms with van der Waals surface area (Å²) in [7, 11) is 0. The molecule has 2 atom stereocenters. The Labute approximate surface area is 101 Å². The monoisotopic (exact) mass is 240 g/mol. The molecule has 1 heterocycles. The van der Waals surface area contributed by atoms with E-state index in [-0.39, 0.29) is 0 Å². The third kappa shape index (κ3) is 2.62. The van der Waals surface area contributed by atoms with E-state index in [1.165, 1.54) is 4.68 Å². The molecule has 0 aliphatic rings. The minimum atomic E-state index is -1.06. The smallest absolute Gasteiger partial charge is 0.331 e. The largest absolute Gasteiger partial charge is 0.479 e. The van der Waals surface area contributed by atoms with E-state index in [1.54, 1.807) is 6.92 Å². The van der Waals surface area contributed by atoms with Crippen molar-refractivity contribution in [3.05, 3.63) is 5.82 Å². The van der Waals surface area contributed by atoms with E-state index >= 15 is 0 Å². The van der Waals surface area contributed by atoms with Crippen LogP contribution in [0.5, 0.6) is 0 Å². The lowest BCUT2D eigenvalue weighted by molar-refractivity contribution is -0.147. The molecular weight excluding hydrogens is 220 g/mol. The molecule has 0 aliphatic heterocycles. The van der Waals surface area contributed by atoms with Gasteiger partial charge in [0.15, 0.2) is 11.4 Å². The molecule has 1 rings (SSSR count). The molecule has 0 amide bonds. The summed E-state index contributed by atoms with van der Waals surface area (Å²) in [6.07, 6.45) is 2.16. The minimum Gasteiger partial charge on any atom is -0.479 e. The van der Waals surface area contributed by atoms with Crippen molar-refractivity contribution in [2.75, 3.05) is 0 Å². The van der Waals surface area contributed by atoms with Gasteiger partial charge in [-0.3, -0.25) is 0 Å². The quantitative estimate of drug-likeness (QED) is 0.814. The molecule has 1 aromatic rings. The van der Waals surface area contributed by atoms with Gasteiger partial charge in [0, 0.05) is 6.42 Å². The highest BCUT2D eigenvalue weighted by atomic mass is 16.4. The number of rotatable bonds is 6. The fourth-order valence-electron chi connectivity index (χ4n) is 1.56. The number of hydrogen-bond donors (Lipinski definition) is 1. The molecule has 17 heavy (non-hydrogen) atoms. The maximum absolute atomic E-state index is 11.3. The van der Waals surface area contributed by atoms with Gasteiger partial charge in [-0.15, -0.1) is 5.10 Å². The van der Waals surface area contributed by atoms with Crippen molar-refractivity contribution in [2.24, 2.45) is 5.92 Å². The van der Waals surface area contributed by atoms with Gasteiger partial charge in [-0.05, 0) is 29.7 Å². The minimum absolute atomic E-state index is 0.439. The van der Waals surface area contributed by atoms with E-state index in [4.69, 9.17) is 0 Å². The van der Waals surface area contributed by atoms with Crippen molar-refractivity contribution < 1.29 is 9.90 Å². The van der Waals surface area contributed by atoms with Gasteiger partial charge in [0.2, 0.25) is 0 Å². The molecule has 0 fully saturated rings. The Morgan fingerprint density at radius 1 is 1.53 bits per heavy atom. The topological polar surface area (TPSA) is 80.9 Å². The first-order valence-electron chi connectivity index (χ1n) is 5.96. The predicted octanol–water partition coefficient (Wildman–Crippen LogP) is 1.47. The molecule has 2 unspecified atom stereocenters. The molecular formula is C11H20N4O2. The fraction of sp³-hybridized carbons (Fsp3) is 0.818. The van der Waals surface area contributed by atoms with Crippen molar-refractivity contribution in [1.29, 1.82) is 0 Å². The summed E-state index contributed by atoms with van der Waals surface area (Å²) in [6.45, 7) is 7.66. The Morgan fingerprint density at radius 3 is 2.65 bits per heavy atom. The zero-order valence-electron chi connectivity index (χ0n) is 10.8. The Bertz CT molecular complexity index is 391. The van der Waals surface area contributed by atoms with Crippen LogP contribution in [-0.4, -0.2) is 31.3 Å². The maximum atomic E-state index is 11.3. The SMILES string of the molecule is CCC(C)Cc1nnnn1C(C)(CC)C(=O)O. The van der Waals surface area contributed by atoms with Crippen LogP contribution in [0, 0.1) is 5.92 Å². The molecule has 6 nitrogen and oxygen atoms in total. The van der Waals surface area contributed by atoms with Gasteiger partial charge in [-0.2, -0.15) is 0 Å². The average Bonchev–Trinajstić information content (AvgIpc) is 2.76. The van der Waals surface area contributed by atoms with Crippen molar-refractivity contribution in [3.63, 3.8) is 0 Å². The average molecular weight is 240 g/mol.